The molecule has 2 unspecified atom stereocenters. The van der Waals surface area contributed by atoms with Gasteiger partial charge in [-0.15, -0.1) is 12.3 Å². The number of halogens is 3. The van der Waals surface area contributed by atoms with Crippen LogP contribution in [0.1, 0.15) is 12.8 Å². The summed E-state index contributed by atoms with van der Waals surface area (Å²) in [6.07, 6.45) is -0.230. The van der Waals surface area contributed by atoms with E-state index in [4.69, 9.17) is 11.5 Å². The average Bonchev–Trinajstić information content (AvgIpc) is 2.68. The van der Waals surface area contributed by atoms with E-state index in [-0.39, 0.29) is 12.8 Å². The van der Waals surface area contributed by atoms with Gasteiger partial charge in [0.05, 0.1) is 5.92 Å². The summed E-state index contributed by atoms with van der Waals surface area (Å²) >= 11 is 0. The molecule has 1 aliphatic heterocycles. The van der Waals surface area contributed by atoms with Crippen LogP contribution in [0.2, 0.25) is 0 Å². The molecule has 1 saturated heterocycles. The second-order valence-corrected chi connectivity index (χ2v) is 4.60. The van der Waals surface area contributed by atoms with E-state index in [2.05, 4.69) is 11.2 Å². The Morgan fingerprint density at radius 1 is 1.52 bits per heavy atom. The number of amides is 2. The number of hydrogen-bond acceptors (Lipinski definition) is 3. The van der Waals surface area contributed by atoms with Crippen LogP contribution >= 0.6 is 0 Å². The topological polar surface area (TPSA) is 86.7 Å². The number of hydrogen-bond donors (Lipinski definition) is 2. The summed E-state index contributed by atoms with van der Waals surface area (Å²) in [4.78, 5) is 34.5. The monoisotopic (exact) mass is 306 g/mol. The van der Waals surface area contributed by atoms with Gasteiger partial charge >= 0.3 is 12.1 Å². The number of carboxylic acids is 1. The number of carboxylic acid groups (broad SMARTS) is 1. The second-order valence-electron chi connectivity index (χ2n) is 4.60. The summed E-state index contributed by atoms with van der Waals surface area (Å²) < 4.78 is 36.7. The first kappa shape index (κ1) is 16.8. The third-order valence-corrected chi connectivity index (χ3v) is 2.89. The highest BCUT2D eigenvalue weighted by molar-refractivity contribution is 5.91. The van der Waals surface area contributed by atoms with E-state index in [0.29, 0.717) is 4.90 Å². The maximum absolute atomic E-state index is 12.2. The standard InChI is InChI=1S/C12H13F3N2O4/c1-2-3-8(11(20)21)16-10(19)7-4-9(18)17(5-7)6-12(13,14)15/h1,7-8H,3-6H2,(H,16,19)(H,20,21). The van der Waals surface area contributed by atoms with Gasteiger partial charge in [0, 0.05) is 19.4 Å². The van der Waals surface area contributed by atoms with Gasteiger partial charge in [-0.25, -0.2) is 4.79 Å². The molecule has 2 atom stereocenters. The van der Waals surface area contributed by atoms with Crippen molar-refractivity contribution in [2.75, 3.05) is 13.1 Å². The lowest BCUT2D eigenvalue weighted by Gasteiger charge is -2.19. The van der Waals surface area contributed by atoms with Crippen molar-refractivity contribution in [2.45, 2.75) is 25.1 Å². The van der Waals surface area contributed by atoms with Crippen LogP contribution in [0.5, 0.6) is 0 Å². The Labute approximate surface area is 118 Å². The van der Waals surface area contributed by atoms with Gasteiger partial charge in [-0.05, 0) is 0 Å². The van der Waals surface area contributed by atoms with Gasteiger partial charge < -0.3 is 15.3 Å². The molecule has 0 aromatic carbocycles. The first-order valence-electron chi connectivity index (χ1n) is 5.95. The Hall–Kier alpha value is -2.24. The van der Waals surface area contributed by atoms with E-state index >= 15 is 0 Å². The molecule has 21 heavy (non-hydrogen) atoms. The number of terminal acetylenes is 1. The first-order valence-corrected chi connectivity index (χ1v) is 5.95. The minimum absolute atomic E-state index is 0.256. The zero-order valence-corrected chi connectivity index (χ0v) is 10.8. The molecule has 0 aromatic rings. The minimum atomic E-state index is -4.55. The fourth-order valence-corrected chi connectivity index (χ4v) is 1.92. The predicted molar refractivity (Wildman–Crippen MR) is 63.8 cm³/mol. The number of alkyl halides is 3. The van der Waals surface area contributed by atoms with Gasteiger partial charge in [0.15, 0.2) is 0 Å². The molecule has 2 amide bonds. The largest absolute Gasteiger partial charge is 0.480 e. The van der Waals surface area contributed by atoms with E-state index in [1.807, 2.05) is 0 Å². The third kappa shape index (κ3) is 4.98. The van der Waals surface area contributed by atoms with Crippen LogP contribution in [0.4, 0.5) is 13.2 Å². The molecule has 1 heterocycles. The van der Waals surface area contributed by atoms with Crippen LogP contribution in [-0.2, 0) is 14.4 Å². The van der Waals surface area contributed by atoms with E-state index in [9.17, 15) is 27.6 Å². The van der Waals surface area contributed by atoms with Crippen molar-refractivity contribution in [1.29, 1.82) is 0 Å². The highest BCUT2D eigenvalue weighted by Crippen LogP contribution is 2.24. The highest BCUT2D eigenvalue weighted by Gasteiger charge is 2.41. The Bertz CT molecular complexity index is 484. The molecular formula is C12H13F3N2O4. The summed E-state index contributed by atoms with van der Waals surface area (Å²) in [6, 6.07) is -1.32. The van der Waals surface area contributed by atoms with E-state index in [1.165, 1.54) is 0 Å². The van der Waals surface area contributed by atoms with Crippen LogP contribution in [0, 0.1) is 18.3 Å². The molecule has 1 fully saturated rings. The van der Waals surface area contributed by atoms with Crippen LogP contribution in [0.15, 0.2) is 0 Å². The van der Waals surface area contributed by atoms with Gasteiger partial charge in [-0.1, -0.05) is 0 Å². The molecular weight excluding hydrogens is 293 g/mol. The van der Waals surface area contributed by atoms with Crippen molar-refractivity contribution in [3.8, 4) is 12.3 Å². The van der Waals surface area contributed by atoms with E-state index in [1.54, 1.807) is 0 Å². The first-order chi connectivity index (χ1) is 9.64. The zero-order valence-electron chi connectivity index (χ0n) is 10.8. The molecule has 116 valence electrons. The predicted octanol–water partition coefficient (Wildman–Crippen LogP) is -0.0101. The van der Waals surface area contributed by atoms with Crippen LogP contribution in [-0.4, -0.2) is 53.1 Å². The average molecular weight is 306 g/mol. The second kappa shape index (κ2) is 6.47. The number of likely N-dealkylation sites (tertiary alicyclic amines) is 1. The molecule has 0 aliphatic carbocycles. The summed E-state index contributed by atoms with van der Waals surface area (Å²) in [6.45, 7) is -1.82. The van der Waals surface area contributed by atoms with Gasteiger partial charge in [0.2, 0.25) is 11.8 Å². The van der Waals surface area contributed by atoms with Gasteiger partial charge in [-0.2, -0.15) is 13.2 Å². The zero-order chi connectivity index (χ0) is 16.2. The number of nitrogens with zero attached hydrogens (tertiary/aromatic N) is 1. The lowest BCUT2D eigenvalue weighted by Crippen LogP contribution is -2.44. The van der Waals surface area contributed by atoms with Crippen molar-refractivity contribution in [2.24, 2.45) is 5.92 Å². The maximum atomic E-state index is 12.2. The highest BCUT2D eigenvalue weighted by atomic mass is 19.4. The SMILES string of the molecule is C#CCC(NC(=O)C1CC(=O)N(CC(F)(F)F)C1)C(=O)O. The number of carbonyl (C=O) groups excluding carboxylic acids is 2. The lowest BCUT2D eigenvalue weighted by atomic mass is 10.1. The Morgan fingerprint density at radius 2 is 2.14 bits per heavy atom. The van der Waals surface area contributed by atoms with Crippen LogP contribution in [0.3, 0.4) is 0 Å². The fourth-order valence-electron chi connectivity index (χ4n) is 1.92. The normalized spacial score (nSPS) is 20.0. The summed E-state index contributed by atoms with van der Waals surface area (Å²) in [7, 11) is 0. The number of rotatable bonds is 5. The summed E-state index contributed by atoms with van der Waals surface area (Å²) in [5.41, 5.74) is 0. The molecule has 6 nitrogen and oxygen atoms in total. The molecule has 2 N–H and O–H groups in total. The van der Waals surface area contributed by atoms with Crippen molar-refractivity contribution < 1.29 is 32.7 Å². The van der Waals surface area contributed by atoms with Crippen molar-refractivity contribution in [1.82, 2.24) is 10.2 Å². The molecule has 1 aliphatic rings. The Kier molecular flexibility index (Phi) is 5.18. The molecule has 0 aromatic heterocycles. The van der Waals surface area contributed by atoms with E-state index in [0.717, 1.165) is 0 Å². The van der Waals surface area contributed by atoms with E-state index < -0.39 is 49.0 Å². The van der Waals surface area contributed by atoms with Gasteiger partial charge in [-0.3, -0.25) is 9.59 Å². The lowest BCUT2D eigenvalue weighted by molar-refractivity contribution is -0.157. The fraction of sp³-hybridized carbons (Fsp3) is 0.583. The molecule has 1 rings (SSSR count). The molecule has 0 bridgehead atoms. The van der Waals surface area contributed by atoms with Crippen molar-refractivity contribution >= 4 is 17.8 Å². The third-order valence-electron chi connectivity index (χ3n) is 2.89. The van der Waals surface area contributed by atoms with Crippen LogP contribution in [0.25, 0.3) is 0 Å². The molecule has 9 heteroatoms. The van der Waals surface area contributed by atoms with Crippen molar-refractivity contribution in [3.05, 3.63) is 0 Å². The van der Waals surface area contributed by atoms with Crippen LogP contribution < -0.4 is 5.32 Å². The summed E-state index contributed by atoms with van der Waals surface area (Å²) in [5.74, 6) is -1.88. The maximum Gasteiger partial charge on any atom is 0.406 e. The molecule has 0 saturated carbocycles. The summed E-state index contributed by atoms with van der Waals surface area (Å²) in [5, 5.41) is 10.9. The number of aliphatic carboxylic acids is 1. The molecule has 0 spiro atoms. The number of carbonyl (C=O) groups is 3. The molecule has 0 radical (unpaired) electrons. The number of nitrogens with one attached hydrogen (secondary N) is 1. The minimum Gasteiger partial charge on any atom is -0.480 e. The quantitative estimate of drug-likeness (QED) is 0.700. The smallest absolute Gasteiger partial charge is 0.406 e. The Balaban J connectivity index is 2.63. The van der Waals surface area contributed by atoms with Crippen molar-refractivity contribution in [3.63, 3.8) is 0 Å². The van der Waals surface area contributed by atoms with Gasteiger partial charge in [0.25, 0.3) is 0 Å². The Morgan fingerprint density at radius 3 is 2.62 bits per heavy atom. The van der Waals surface area contributed by atoms with Gasteiger partial charge in [0.1, 0.15) is 12.6 Å².